The van der Waals surface area contributed by atoms with E-state index >= 15 is 0 Å². The fourth-order valence-corrected chi connectivity index (χ4v) is 5.36. The van der Waals surface area contributed by atoms with Crippen LogP contribution in [0.5, 0.6) is 0 Å². The largest absolute Gasteiger partial charge is 0.315 e. The van der Waals surface area contributed by atoms with E-state index in [1.54, 1.807) is 11.8 Å². The molecule has 1 saturated heterocycles. The summed E-state index contributed by atoms with van der Waals surface area (Å²) < 4.78 is 23.8. The molecule has 0 aromatic rings. The van der Waals surface area contributed by atoms with E-state index in [0.29, 0.717) is 11.8 Å². The first kappa shape index (κ1) is 16.3. The van der Waals surface area contributed by atoms with Crippen LogP contribution in [0.3, 0.4) is 0 Å². The van der Waals surface area contributed by atoms with E-state index < -0.39 is 9.84 Å². The first-order valence-corrected chi connectivity index (χ1v) is 9.84. The summed E-state index contributed by atoms with van der Waals surface area (Å²) >= 11 is 1.75. The van der Waals surface area contributed by atoms with Gasteiger partial charge in [0.05, 0.1) is 0 Å². The maximum absolute atomic E-state index is 11.9. The van der Waals surface area contributed by atoms with Gasteiger partial charge in [0.1, 0.15) is 5.37 Å². The zero-order valence-electron chi connectivity index (χ0n) is 11.7. The van der Waals surface area contributed by atoms with Crippen LogP contribution in [-0.2, 0) is 9.84 Å². The fourth-order valence-electron chi connectivity index (χ4n) is 2.41. The molecule has 1 heterocycles. The third kappa shape index (κ3) is 4.72. The van der Waals surface area contributed by atoms with Crippen molar-refractivity contribution >= 4 is 21.6 Å². The average Bonchev–Trinajstić information content (AvgIpc) is 2.33. The van der Waals surface area contributed by atoms with Gasteiger partial charge in [-0.1, -0.05) is 20.3 Å². The average molecular weight is 294 g/mol. The maximum atomic E-state index is 11.9. The molecule has 2 unspecified atom stereocenters. The number of hydrogen-bond donors (Lipinski definition) is 1. The van der Waals surface area contributed by atoms with E-state index in [0.717, 1.165) is 38.2 Å². The summed E-state index contributed by atoms with van der Waals surface area (Å²) in [6.07, 6.45) is 3.52. The molecule has 1 aliphatic heterocycles. The zero-order valence-corrected chi connectivity index (χ0v) is 13.3. The third-order valence-electron chi connectivity index (χ3n) is 3.34. The quantitative estimate of drug-likeness (QED) is 0.764. The summed E-state index contributed by atoms with van der Waals surface area (Å²) in [5.41, 5.74) is 0. The fraction of sp³-hybridized carbons (Fsp3) is 1.00. The zero-order chi connectivity index (χ0) is 13.6. The third-order valence-corrected chi connectivity index (χ3v) is 6.00. The lowest BCUT2D eigenvalue weighted by Crippen LogP contribution is -2.54. The van der Waals surface area contributed by atoms with Gasteiger partial charge in [0.25, 0.3) is 0 Å². The molecular weight excluding hydrogens is 268 g/mol. The topological polar surface area (TPSA) is 49.4 Å². The van der Waals surface area contributed by atoms with Crippen LogP contribution in [0.25, 0.3) is 0 Å². The van der Waals surface area contributed by atoms with Crippen LogP contribution in [0.2, 0.25) is 0 Å². The number of rotatable bonds is 7. The van der Waals surface area contributed by atoms with Gasteiger partial charge in [-0.05, 0) is 13.0 Å². The number of sulfone groups is 1. The minimum absolute atomic E-state index is 0.300. The van der Waals surface area contributed by atoms with Gasteiger partial charge in [-0.3, -0.25) is 4.90 Å². The van der Waals surface area contributed by atoms with Crippen LogP contribution in [0, 0.1) is 0 Å². The number of nitrogens with one attached hydrogen (secondary N) is 1. The highest BCUT2D eigenvalue weighted by Gasteiger charge is 2.34. The van der Waals surface area contributed by atoms with Crippen molar-refractivity contribution in [2.24, 2.45) is 0 Å². The lowest BCUT2D eigenvalue weighted by atomic mass is 10.1. The molecule has 1 rings (SSSR count). The Balaban J connectivity index is 2.77. The summed E-state index contributed by atoms with van der Waals surface area (Å²) in [7, 11) is -2.99. The molecule has 0 radical (unpaired) electrons. The van der Waals surface area contributed by atoms with Gasteiger partial charge in [-0.2, -0.15) is 11.8 Å². The molecule has 1 fully saturated rings. The van der Waals surface area contributed by atoms with Crippen molar-refractivity contribution in [3.8, 4) is 0 Å². The van der Waals surface area contributed by atoms with E-state index in [2.05, 4.69) is 24.1 Å². The molecule has 0 aliphatic carbocycles. The van der Waals surface area contributed by atoms with Crippen LogP contribution < -0.4 is 5.32 Å². The van der Waals surface area contributed by atoms with Crippen LogP contribution in [-0.4, -0.2) is 62.1 Å². The maximum Gasteiger partial charge on any atom is 0.164 e. The minimum atomic E-state index is -2.99. The lowest BCUT2D eigenvalue weighted by Gasteiger charge is -2.40. The van der Waals surface area contributed by atoms with Crippen molar-refractivity contribution in [1.29, 1.82) is 0 Å². The smallest absolute Gasteiger partial charge is 0.164 e. The standard InChI is InChI=1S/C12H26N2O2S2/c1-4-6-11(9-13-5-2)14-7-8-17-10-12(14)18(3,15)16/h11-13H,4-10H2,1-3H3. The second-order valence-corrected chi connectivity index (χ2v) is 8.20. The van der Waals surface area contributed by atoms with E-state index in [4.69, 9.17) is 0 Å². The Morgan fingerprint density at radius 2 is 2.17 bits per heavy atom. The molecule has 18 heavy (non-hydrogen) atoms. The number of thioether (sulfide) groups is 1. The summed E-state index contributed by atoms with van der Waals surface area (Å²) in [5.74, 6) is 1.75. The van der Waals surface area contributed by atoms with Crippen LogP contribution in [0.4, 0.5) is 0 Å². The second kappa shape index (κ2) is 7.72. The molecule has 0 bridgehead atoms. The van der Waals surface area contributed by atoms with Crippen molar-refractivity contribution in [3.63, 3.8) is 0 Å². The number of hydrogen-bond acceptors (Lipinski definition) is 5. The molecule has 0 aromatic carbocycles. The van der Waals surface area contributed by atoms with E-state index in [9.17, 15) is 8.42 Å². The highest BCUT2D eigenvalue weighted by Crippen LogP contribution is 2.24. The minimum Gasteiger partial charge on any atom is -0.315 e. The Bertz CT molecular complexity index is 333. The lowest BCUT2D eigenvalue weighted by molar-refractivity contribution is 0.178. The monoisotopic (exact) mass is 294 g/mol. The normalized spacial score (nSPS) is 24.1. The Kier molecular flexibility index (Phi) is 6.98. The molecule has 0 amide bonds. The number of likely N-dealkylation sites (N-methyl/N-ethyl adjacent to an activating group) is 1. The van der Waals surface area contributed by atoms with Gasteiger partial charge in [0.2, 0.25) is 0 Å². The van der Waals surface area contributed by atoms with Crippen LogP contribution in [0.15, 0.2) is 0 Å². The van der Waals surface area contributed by atoms with Gasteiger partial charge in [0.15, 0.2) is 9.84 Å². The molecule has 1 N–H and O–H groups in total. The Hall–Kier alpha value is 0.220. The first-order chi connectivity index (χ1) is 8.50. The summed E-state index contributed by atoms with van der Waals surface area (Å²) in [5, 5.41) is 3.06. The molecule has 0 spiro atoms. The Morgan fingerprint density at radius 3 is 2.72 bits per heavy atom. The summed E-state index contributed by atoms with van der Waals surface area (Å²) in [6, 6.07) is 0.343. The van der Waals surface area contributed by atoms with Crippen molar-refractivity contribution in [2.45, 2.75) is 38.1 Å². The van der Waals surface area contributed by atoms with Gasteiger partial charge < -0.3 is 5.32 Å². The summed E-state index contributed by atoms with van der Waals surface area (Å²) in [4.78, 5) is 2.21. The van der Waals surface area contributed by atoms with E-state index in [1.165, 1.54) is 6.26 Å². The van der Waals surface area contributed by atoms with Crippen LogP contribution in [0.1, 0.15) is 26.7 Å². The highest BCUT2D eigenvalue weighted by atomic mass is 32.2. The Morgan fingerprint density at radius 1 is 1.44 bits per heavy atom. The second-order valence-electron chi connectivity index (χ2n) is 4.85. The van der Waals surface area contributed by atoms with Crippen molar-refractivity contribution in [2.75, 3.05) is 37.4 Å². The highest BCUT2D eigenvalue weighted by molar-refractivity contribution is 8.00. The van der Waals surface area contributed by atoms with Crippen molar-refractivity contribution < 1.29 is 8.42 Å². The first-order valence-electron chi connectivity index (χ1n) is 6.73. The van der Waals surface area contributed by atoms with Gasteiger partial charge >= 0.3 is 0 Å². The van der Waals surface area contributed by atoms with Gasteiger partial charge in [-0.15, -0.1) is 0 Å². The predicted molar refractivity (Wildman–Crippen MR) is 79.9 cm³/mol. The molecule has 1 aliphatic rings. The van der Waals surface area contributed by atoms with Crippen molar-refractivity contribution in [3.05, 3.63) is 0 Å². The molecule has 4 nitrogen and oxygen atoms in total. The molecule has 108 valence electrons. The predicted octanol–water partition coefficient (Wildman–Crippen LogP) is 1.18. The number of nitrogens with zero attached hydrogens (tertiary/aromatic N) is 1. The molecule has 6 heteroatoms. The Labute approximate surface area is 116 Å². The van der Waals surface area contributed by atoms with Crippen LogP contribution >= 0.6 is 11.8 Å². The molecule has 0 saturated carbocycles. The summed E-state index contributed by atoms with van der Waals surface area (Å²) in [6.45, 7) is 6.96. The van der Waals surface area contributed by atoms with Crippen molar-refractivity contribution in [1.82, 2.24) is 10.2 Å². The van der Waals surface area contributed by atoms with Gasteiger partial charge in [0, 0.05) is 36.9 Å². The molecular formula is C12H26N2O2S2. The van der Waals surface area contributed by atoms with Gasteiger partial charge in [-0.25, -0.2) is 8.42 Å². The molecule has 2 atom stereocenters. The SMILES string of the molecule is CCCC(CNCC)N1CCSCC1S(C)(=O)=O. The molecule has 0 aromatic heterocycles. The van der Waals surface area contributed by atoms with E-state index in [-0.39, 0.29) is 5.37 Å². The van der Waals surface area contributed by atoms with E-state index in [1.807, 2.05) is 0 Å².